The molecule has 0 radical (unpaired) electrons. The van der Waals surface area contributed by atoms with Crippen molar-refractivity contribution in [3.8, 4) is 0 Å². The van der Waals surface area contributed by atoms with Crippen LogP contribution in [-0.2, 0) is 13.5 Å². The molecule has 0 fully saturated rings. The predicted octanol–water partition coefficient (Wildman–Crippen LogP) is 4.27. The summed E-state index contributed by atoms with van der Waals surface area (Å²) in [6.07, 6.45) is 2.02. The molecule has 0 saturated carbocycles. The van der Waals surface area contributed by atoms with Gasteiger partial charge < -0.3 is 5.32 Å². The highest BCUT2D eigenvalue weighted by molar-refractivity contribution is 14.1. The van der Waals surface area contributed by atoms with Crippen LogP contribution in [0.2, 0.25) is 5.02 Å². The molecule has 3 nitrogen and oxygen atoms in total. The minimum atomic E-state index is 0.259. The summed E-state index contributed by atoms with van der Waals surface area (Å²) in [6, 6.07) is 8.71. The van der Waals surface area contributed by atoms with Crippen LogP contribution in [0, 0.1) is 10.5 Å². The summed E-state index contributed by atoms with van der Waals surface area (Å²) in [5, 5.41) is 8.86. The maximum atomic E-state index is 6.28. The molecule has 1 aromatic heterocycles. The van der Waals surface area contributed by atoms with Gasteiger partial charge in [0.2, 0.25) is 0 Å². The highest BCUT2D eigenvalue weighted by Crippen LogP contribution is 2.25. The van der Waals surface area contributed by atoms with Gasteiger partial charge in [-0.25, -0.2) is 0 Å². The SMILES string of the molecule is CCCNC(Cc1cc(C)nn1C)c1ccc(I)c(Cl)c1. The minimum Gasteiger partial charge on any atom is -0.310 e. The van der Waals surface area contributed by atoms with E-state index in [-0.39, 0.29) is 6.04 Å². The Kier molecular flexibility index (Phi) is 6.08. The molecule has 0 saturated heterocycles. The number of hydrogen-bond acceptors (Lipinski definition) is 2. The smallest absolute Gasteiger partial charge is 0.0596 e. The monoisotopic (exact) mass is 417 g/mol. The second-order valence-corrected chi connectivity index (χ2v) is 6.85. The first kappa shape index (κ1) is 16.8. The molecule has 0 bridgehead atoms. The highest BCUT2D eigenvalue weighted by atomic mass is 127. The molecule has 21 heavy (non-hydrogen) atoms. The molecule has 1 atom stereocenters. The molecule has 0 amide bonds. The maximum Gasteiger partial charge on any atom is 0.0596 e. The van der Waals surface area contributed by atoms with Crippen LogP contribution in [0.1, 0.15) is 36.3 Å². The predicted molar refractivity (Wildman–Crippen MR) is 96.9 cm³/mol. The Bertz CT molecular complexity index is 610. The van der Waals surface area contributed by atoms with Crippen LogP contribution in [0.3, 0.4) is 0 Å². The van der Waals surface area contributed by atoms with Crippen molar-refractivity contribution in [1.29, 1.82) is 0 Å². The van der Waals surface area contributed by atoms with Crippen LogP contribution in [0.5, 0.6) is 0 Å². The largest absolute Gasteiger partial charge is 0.310 e. The fourth-order valence-corrected chi connectivity index (χ4v) is 2.94. The molecule has 1 heterocycles. The van der Waals surface area contributed by atoms with E-state index < -0.39 is 0 Å². The highest BCUT2D eigenvalue weighted by Gasteiger charge is 2.15. The normalized spacial score (nSPS) is 12.6. The Morgan fingerprint density at radius 2 is 2.14 bits per heavy atom. The van der Waals surface area contributed by atoms with Gasteiger partial charge in [0.15, 0.2) is 0 Å². The fraction of sp³-hybridized carbons (Fsp3) is 0.438. The second kappa shape index (κ2) is 7.61. The summed E-state index contributed by atoms with van der Waals surface area (Å²) in [6.45, 7) is 5.20. The van der Waals surface area contributed by atoms with Gasteiger partial charge in [-0.3, -0.25) is 4.68 Å². The number of halogens is 2. The van der Waals surface area contributed by atoms with Crippen LogP contribution in [0.4, 0.5) is 0 Å². The quantitative estimate of drug-likeness (QED) is 0.711. The van der Waals surface area contributed by atoms with Crippen molar-refractivity contribution < 1.29 is 0 Å². The van der Waals surface area contributed by atoms with E-state index in [0.717, 1.165) is 33.7 Å². The number of hydrogen-bond donors (Lipinski definition) is 1. The van der Waals surface area contributed by atoms with Gasteiger partial charge in [0.1, 0.15) is 0 Å². The van der Waals surface area contributed by atoms with Crippen LogP contribution in [0.15, 0.2) is 24.3 Å². The third kappa shape index (κ3) is 4.44. The number of aryl methyl sites for hydroxylation is 2. The van der Waals surface area contributed by atoms with Crippen LogP contribution in [0.25, 0.3) is 0 Å². The van der Waals surface area contributed by atoms with Gasteiger partial charge in [0.05, 0.1) is 10.7 Å². The topological polar surface area (TPSA) is 29.9 Å². The zero-order chi connectivity index (χ0) is 15.4. The van der Waals surface area contributed by atoms with Gasteiger partial charge in [-0.2, -0.15) is 5.10 Å². The molecule has 1 unspecified atom stereocenters. The van der Waals surface area contributed by atoms with Gasteiger partial charge in [0, 0.05) is 28.8 Å². The fourth-order valence-electron chi connectivity index (χ4n) is 2.42. The molecule has 0 aliphatic heterocycles. The van der Waals surface area contributed by atoms with Crippen LogP contribution in [-0.4, -0.2) is 16.3 Å². The maximum absolute atomic E-state index is 6.28. The van der Waals surface area contributed by atoms with E-state index in [1.807, 2.05) is 18.7 Å². The molecule has 2 aromatic rings. The number of rotatable bonds is 6. The van der Waals surface area contributed by atoms with Crippen molar-refractivity contribution in [2.75, 3.05) is 6.54 Å². The summed E-state index contributed by atoms with van der Waals surface area (Å²) in [4.78, 5) is 0. The zero-order valence-electron chi connectivity index (χ0n) is 12.7. The van der Waals surface area contributed by atoms with Crippen molar-refractivity contribution in [2.24, 2.45) is 7.05 Å². The summed E-state index contributed by atoms with van der Waals surface area (Å²) in [5.74, 6) is 0. The first-order valence-electron chi connectivity index (χ1n) is 7.19. The molecular formula is C16H21ClIN3. The molecule has 2 rings (SSSR count). The zero-order valence-corrected chi connectivity index (χ0v) is 15.6. The Balaban J connectivity index is 2.24. The number of benzene rings is 1. The molecule has 0 aliphatic rings. The average molecular weight is 418 g/mol. The molecule has 0 spiro atoms. The third-order valence-corrected chi connectivity index (χ3v) is 5.07. The van der Waals surface area contributed by atoms with E-state index in [1.165, 1.54) is 11.3 Å². The van der Waals surface area contributed by atoms with Crippen molar-refractivity contribution >= 4 is 34.2 Å². The summed E-state index contributed by atoms with van der Waals surface area (Å²) < 4.78 is 3.05. The van der Waals surface area contributed by atoms with Gasteiger partial charge in [-0.1, -0.05) is 24.6 Å². The Hall–Kier alpha value is -0.590. The van der Waals surface area contributed by atoms with Crippen molar-refractivity contribution in [2.45, 2.75) is 32.7 Å². The second-order valence-electron chi connectivity index (χ2n) is 5.29. The third-order valence-electron chi connectivity index (χ3n) is 3.50. The number of aromatic nitrogens is 2. The Labute approximate surface area is 145 Å². The van der Waals surface area contributed by atoms with E-state index in [1.54, 1.807) is 0 Å². The lowest BCUT2D eigenvalue weighted by molar-refractivity contribution is 0.512. The molecule has 1 aromatic carbocycles. The summed E-state index contributed by atoms with van der Waals surface area (Å²) in [7, 11) is 2.00. The van der Waals surface area contributed by atoms with Crippen molar-refractivity contribution in [3.05, 3.63) is 49.8 Å². The molecule has 1 N–H and O–H groups in total. The molecular weight excluding hydrogens is 397 g/mol. The van der Waals surface area contributed by atoms with Crippen molar-refractivity contribution in [3.63, 3.8) is 0 Å². The summed E-state index contributed by atoms with van der Waals surface area (Å²) >= 11 is 8.54. The molecule has 5 heteroatoms. The lowest BCUT2D eigenvalue weighted by Crippen LogP contribution is -2.25. The first-order valence-corrected chi connectivity index (χ1v) is 8.64. The van der Waals surface area contributed by atoms with Gasteiger partial charge >= 0.3 is 0 Å². The number of nitrogens with one attached hydrogen (secondary N) is 1. The Morgan fingerprint density at radius 1 is 1.38 bits per heavy atom. The van der Waals surface area contributed by atoms with Crippen LogP contribution >= 0.6 is 34.2 Å². The van der Waals surface area contributed by atoms with Crippen LogP contribution < -0.4 is 5.32 Å². The van der Waals surface area contributed by atoms with E-state index in [9.17, 15) is 0 Å². The molecule has 0 aliphatic carbocycles. The van der Waals surface area contributed by atoms with E-state index in [2.05, 4.69) is 64.2 Å². The van der Waals surface area contributed by atoms with Crippen molar-refractivity contribution in [1.82, 2.24) is 15.1 Å². The molecule has 114 valence electrons. The standard InChI is InChI=1S/C16H21ClIN3/c1-4-7-19-16(10-13-8-11(2)20-21(13)3)12-5-6-15(18)14(17)9-12/h5-6,8-9,16,19H,4,7,10H2,1-3H3. The lowest BCUT2D eigenvalue weighted by Gasteiger charge is -2.19. The minimum absolute atomic E-state index is 0.259. The number of nitrogens with zero attached hydrogens (tertiary/aromatic N) is 2. The van der Waals surface area contributed by atoms with Gasteiger partial charge in [-0.05, 0) is 66.2 Å². The average Bonchev–Trinajstić information content (AvgIpc) is 2.76. The van der Waals surface area contributed by atoms with E-state index in [4.69, 9.17) is 11.6 Å². The van der Waals surface area contributed by atoms with E-state index in [0.29, 0.717) is 0 Å². The Morgan fingerprint density at radius 3 is 2.71 bits per heavy atom. The van der Waals surface area contributed by atoms with Gasteiger partial charge in [-0.15, -0.1) is 0 Å². The first-order chi connectivity index (χ1) is 10.0. The summed E-state index contributed by atoms with van der Waals surface area (Å²) in [5.41, 5.74) is 3.52. The van der Waals surface area contributed by atoms with Gasteiger partial charge in [0.25, 0.3) is 0 Å². The van der Waals surface area contributed by atoms with E-state index >= 15 is 0 Å². The lowest BCUT2D eigenvalue weighted by atomic mass is 10.0.